The summed E-state index contributed by atoms with van der Waals surface area (Å²) in [5.41, 5.74) is 0.307. The van der Waals surface area contributed by atoms with Crippen molar-refractivity contribution < 1.29 is 61.9 Å². The van der Waals surface area contributed by atoms with Gasteiger partial charge in [-0.15, -0.1) is 0 Å². The van der Waals surface area contributed by atoms with Gasteiger partial charge in [0.25, 0.3) is 11.5 Å². The van der Waals surface area contributed by atoms with Gasteiger partial charge in [0.05, 0.1) is 111 Å². The molecular formula is C32H45NO14. The van der Waals surface area contributed by atoms with E-state index in [-0.39, 0.29) is 24.5 Å². The number of carbonyl (C=O) groups is 2. The smallest absolute Gasteiger partial charge is 0.379 e. The number of nitrogens with zero attached hydrogens (tertiary/aromatic N) is 1. The molecule has 0 radical (unpaired) electrons. The molecule has 0 aliphatic heterocycles. The number of hydrogen-bond acceptors (Lipinski definition) is 14. The molecular weight excluding hydrogens is 622 g/mol. The molecule has 2 aromatic rings. The third kappa shape index (κ3) is 21.1. The molecule has 0 heterocycles. The Morgan fingerprint density at radius 2 is 0.851 bits per heavy atom. The second-order valence-electron chi connectivity index (χ2n) is 9.33. The van der Waals surface area contributed by atoms with E-state index in [4.69, 9.17) is 47.4 Å². The number of ether oxygens (including phenoxy) is 10. The van der Waals surface area contributed by atoms with Gasteiger partial charge in [0.15, 0.2) is 0 Å². The molecule has 0 aliphatic carbocycles. The highest BCUT2D eigenvalue weighted by Gasteiger charge is 2.17. The Kier molecular flexibility index (Phi) is 23.2. The summed E-state index contributed by atoms with van der Waals surface area (Å²) in [6, 6.07) is 14.1. The molecule has 0 amide bonds. The van der Waals surface area contributed by atoms with Gasteiger partial charge in [0.1, 0.15) is 19.0 Å². The van der Waals surface area contributed by atoms with Gasteiger partial charge in [-0.1, -0.05) is 30.3 Å². The number of ketones is 1. The number of nitro benzene ring substituents is 1. The van der Waals surface area contributed by atoms with E-state index in [1.807, 2.05) is 0 Å². The number of carbonyl (C=O) groups excluding carboxylic acids is 2. The van der Waals surface area contributed by atoms with Crippen LogP contribution >= 0.6 is 0 Å². The van der Waals surface area contributed by atoms with Crippen LogP contribution in [0.2, 0.25) is 0 Å². The molecule has 0 unspecified atom stereocenters. The van der Waals surface area contributed by atoms with Crippen molar-refractivity contribution in [3.63, 3.8) is 0 Å². The van der Waals surface area contributed by atoms with E-state index >= 15 is 0 Å². The van der Waals surface area contributed by atoms with Gasteiger partial charge in [0, 0.05) is 17.7 Å². The van der Waals surface area contributed by atoms with Crippen LogP contribution in [0.3, 0.4) is 0 Å². The predicted molar refractivity (Wildman–Crippen MR) is 167 cm³/mol. The van der Waals surface area contributed by atoms with Crippen LogP contribution in [0.25, 0.3) is 0 Å². The first-order valence-electron chi connectivity index (χ1n) is 15.3. The molecule has 0 fully saturated rings. The van der Waals surface area contributed by atoms with E-state index in [0.717, 1.165) is 0 Å². The molecule has 15 heteroatoms. The summed E-state index contributed by atoms with van der Waals surface area (Å²) in [7, 11) is 0. The predicted octanol–water partition coefficient (Wildman–Crippen LogP) is 2.53. The Bertz CT molecular complexity index is 1090. The Hall–Kier alpha value is -3.54. The Labute approximate surface area is 274 Å². The van der Waals surface area contributed by atoms with Crippen molar-refractivity contribution in [1.82, 2.24) is 0 Å². The normalized spacial score (nSPS) is 11.0. The number of nitro groups is 1. The van der Waals surface area contributed by atoms with Crippen molar-refractivity contribution in [2.45, 2.75) is 0 Å². The van der Waals surface area contributed by atoms with Crippen LogP contribution in [-0.2, 0) is 47.4 Å². The molecule has 262 valence electrons. The van der Waals surface area contributed by atoms with E-state index in [9.17, 15) is 19.7 Å². The minimum atomic E-state index is -0.904. The lowest BCUT2D eigenvalue weighted by molar-refractivity contribution is -0.384. The van der Waals surface area contributed by atoms with Crippen molar-refractivity contribution in [2.75, 3.05) is 119 Å². The highest BCUT2D eigenvalue weighted by molar-refractivity contribution is 6.40. The molecule has 2 aromatic carbocycles. The van der Waals surface area contributed by atoms with Crippen LogP contribution in [0.4, 0.5) is 5.69 Å². The fraction of sp³-hybridized carbons (Fsp3) is 0.562. The summed E-state index contributed by atoms with van der Waals surface area (Å²) in [6.45, 7) is 6.87. The quantitative estimate of drug-likeness (QED) is 0.0287. The van der Waals surface area contributed by atoms with E-state index in [1.54, 1.807) is 42.5 Å². The standard InChI is InChI=1S/C32H45NO14/c34-31(28-4-2-1-3-5-28)32(35)47-27-25-45-23-21-43-19-17-41-15-13-39-11-10-38-12-14-40-16-18-42-20-22-44-24-26-46-30-8-6-29(7-9-30)33(36)37/h1-9H,10-27H2. The number of hydrogen-bond donors (Lipinski definition) is 0. The zero-order valence-corrected chi connectivity index (χ0v) is 26.6. The fourth-order valence-corrected chi connectivity index (χ4v) is 3.49. The maximum atomic E-state index is 11.9. The molecule has 0 aromatic heterocycles. The van der Waals surface area contributed by atoms with Gasteiger partial charge in [-0.25, -0.2) is 4.79 Å². The summed E-state index contributed by atoms with van der Waals surface area (Å²) < 4.78 is 53.7. The minimum Gasteiger partial charge on any atom is -0.491 e. The van der Waals surface area contributed by atoms with Crippen LogP contribution in [0.15, 0.2) is 54.6 Å². The third-order valence-electron chi connectivity index (χ3n) is 5.83. The average Bonchev–Trinajstić information content (AvgIpc) is 3.09. The first-order chi connectivity index (χ1) is 23.1. The summed E-state index contributed by atoms with van der Waals surface area (Å²) in [6.07, 6.45) is 0. The molecule has 0 saturated heterocycles. The first-order valence-corrected chi connectivity index (χ1v) is 15.3. The molecule has 0 saturated carbocycles. The lowest BCUT2D eigenvalue weighted by Crippen LogP contribution is -2.20. The van der Waals surface area contributed by atoms with Gasteiger partial charge >= 0.3 is 5.97 Å². The van der Waals surface area contributed by atoms with Crippen molar-refractivity contribution in [1.29, 1.82) is 0 Å². The van der Waals surface area contributed by atoms with Gasteiger partial charge in [-0.2, -0.15) is 0 Å². The molecule has 15 nitrogen and oxygen atoms in total. The zero-order chi connectivity index (χ0) is 33.6. The average molecular weight is 668 g/mol. The SMILES string of the molecule is O=C(OCCOCCOCCOCCOCCOCCOCCOCCOCCOc1ccc([N+](=O)[O-])cc1)C(=O)c1ccccc1. The second kappa shape index (κ2) is 27.6. The number of esters is 1. The van der Waals surface area contributed by atoms with Gasteiger partial charge in [0.2, 0.25) is 0 Å². The van der Waals surface area contributed by atoms with Crippen molar-refractivity contribution >= 4 is 17.4 Å². The molecule has 0 spiro atoms. The van der Waals surface area contributed by atoms with E-state index < -0.39 is 16.7 Å². The van der Waals surface area contributed by atoms with Crippen molar-refractivity contribution in [2.24, 2.45) is 0 Å². The molecule has 0 bridgehead atoms. The maximum Gasteiger partial charge on any atom is 0.379 e. The summed E-state index contributed by atoms with van der Waals surface area (Å²) in [5.74, 6) is -1.04. The van der Waals surface area contributed by atoms with Gasteiger partial charge < -0.3 is 47.4 Å². The van der Waals surface area contributed by atoms with Crippen LogP contribution in [-0.4, -0.2) is 136 Å². The molecule has 47 heavy (non-hydrogen) atoms. The number of Topliss-reactive ketones (excluding diaryl/α,β-unsaturated/α-hetero) is 1. The Morgan fingerprint density at radius 3 is 1.23 bits per heavy atom. The van der Waals surface area contributed by atoms with E-state index in [0.29, 0.717) is 111 Å². The van der Waals surface area contributed by atoms with Gasteiger partial charge in [-0.3, -0.25) is 14.9 Å². The number of rotatable bonds is 31. The number of non-ortho nitro benzene ring substituents is 1. The zero-order valence-electron chi connectivity index (χ0n) is 26.6. The van der Waals surface area contributed by atoms with Crippen LogP contribution in [0, 0.1) is 10.1 Å². The van der Waals surface area contributed by atoms with Crippen LogP contribution in [0.5, 0.6) is 5.75 Å². The molecule has 0 aliphatic rings. The summed E-state index contributed by atoms with van der Waals surface area (Å²) in [5, 5.41) is 10.6. The van der Waals surface area contributed by atoms with Crippen molar-refractivity contribution in [3.05, 3.63) is 70.3 Å². The van der Waals surface area contributed by atoms with E-state index in [2.05, 4.69) is 0 Å². The third-order valence-corrected chi connectivity index (χ3v) is 5.83. The van der Waals surface area contributed by atoms with Crippen LogP contribution in [0.1, 0.15) is 10.4 Å². The lowest BCUT2D eigenvalue weighted by Gasteiger charge is -2.09. The van der Waals surface area contributed by atoms with Crippen LogP contribution < -0.4 is 4.74 Å². The Balaban J connectivity index is 1.20. The Morgan fingerprint density at radius 1 is 0.489 bits per heavy atom. The molecule has 0 N–H and O–H groups in total. The fourth-order valence-electron chi connectivity index (χ4n) is 3.49. The maximum absolute atomic E-state index is 11.9. The second-order valence-corrected chi connectivity index (χ2v) is 9.33. The lowest BCUT2D eigenvalue weighted by atomic mass is 10.1. The molecule has 0 atom stereocenters. The van der Waals surface area contributed by atoms with Crippen molar-refractivity contribution in [3.8, 4) is 5.75 Å². The highest BCUT2D eigenvalue weighted by Crippen LogP contribution is 2.17. The topological polar surface area (TPSA) is 170 Å². The van der Waals surface area contributed by atoms with Gasteiger partial charge in [-0.05, 0) is 12.1 Å². The minimum absolute atomic E-state index is 0.0108. The summed E-state index contributed by atoms with van der Waals surface area (Å²) in [4.78, 5) is 33.8. The summed E-state index contributed by atoms with van der Waals surface area (Å²) >= 11 is 0. The monoisotopic (exact) mass is 667 g/mol. The first kappa shape index (κ1) is 39.6. The van der Waals surface area contributed by atoms with E-state index in [1.165, 1.54) is 12.1 Å². The molecule has 2 rings (SSSR count). The highest BCUT2D eigenvalue weighted by atomic mass is 16.6. The largest absolute Gasteiger partial charge is 0.491 e. The number of benzene rings is 2.